The number of aliphatic carboxylic acids is 1. The first kappa shape index (κ1) is 14.9. The Balaban J connectivity index is 2.04. The highest BCUT2D eigenvalue weighted by atomic mass is 16.4. The van der Waals surface area contributed by atoms with Gasteiger partial charge in [-0.3, -0.25) is 4.79 Å². The number of carbonyl (C=O) groups is 2. The molecule has 1 aliphatic heterocycles. The summed E-state index contributed by atoms with van der Waals surface area (Å²) in [5, 5.41) is 23.4. The van der Waals surface area contributed by atoms with E-state index in [0.717, 1.165) is 32.4 Å². The Morgan fingerprint density at radius 3 is 2.61 bits per heavy atom. The molecule has 1 atom stereocenters. The van der Waals surface area contributed by atoms with Crippen molar-refractivity contribution >= 4 is 11.9 Å². The first-order valence-electron chi connectivity index (χ1n) is 6.48. The van der Waals surface area contributed by atoms with Crippen molar-refractivity contribution in [2.24, 2.45) is 5.92 Å². The number of nitrogens with one attached hydrogen (secondary N) is 2. The van der Waals surface area contributed by atoms with Crippen LogP contribution in [-0.2, 0) is 9.59 Å². The maximum Gasteiger partial charge on any atom is 0.332 e. The zero-order chi connectivity index (χ0) is 13.4. The maximum atomic E-state index is 11.5. The van der Waals surface area contributed by atoms with Crippen LogP contribution in [0.1, 0.15) is 32.1 Å². The molecule has 0 aliphatic carbocycles. The molecule has 1 aliphatic rings. The van der Waals surface area contributed by atoms with E-state index in [9.17, 15) is 9.59 Å². The number of amides is 1. The van der Waals surface area contributed by atoms with E-state index < -0.39 is 12.1 Å². The van der Waals surface area contributed by atoms with Gasteiger partial charge in [-0.25, -0.2) is 4.79 Å². The molecule has 0 aromatic carbocycles. The Labute approximate surface area is 107 Å². The van der Waals surface area contributed by atoms with Crippen LogP contribution in [0.4, 0.5) is 0 Å². The summed E-state index contributed by atoms with van der Waals surface area (Å²) >= 11 is 0. The van der Waals surface area contributed by atoms with Crippen molar-refractivity contribution in [2.45, 2.75) is 38.2 Å². The van der Waals surface area contributed by atoms with Gasteiger partial charge in [0, 0.05) is 19.4 Å². The van der Waals surface area contributed by atoms with Crippen LogP contribution in [0, 0.1) is 5.92 Å². The minimum Gasteiger partial charge on any atom is -0.479 e. The van der Waals surface area contributed by atoms with Crippen molar-refractivity contribution in [1.29, 1.82) is 0 Å². The molecule has 1 amide bonds. The number of aliphatic hydroxyl groups excluding tert-OH is 1. The van der Waals surface area contributed by atoms with Gasteiger partial charge in [-0.1, -0.05) is 0 Å². The van der Waals surface area contributed by atoms with Gasteiger partial charge in [0.15, 0.2) is 6.10 Å². The molecular weight excluding hydrogens is 236 g/mol. The monoisotopic (exact) mass is 258 g/mol. The second-order valence-electron chi connectivity index (χ2n) is 4.72. The molecule has 0 radical (unpaired) electrons. The summed E-state index contributed by atoms with van der Waals surface area (Å²) in [6.45, 7) is 2.26. The molecule has 0 aromatic rings. The molecule has 1 fully saturated rings. The summed E-state index contributed by atoms with van der Waals surface area (Å²) in [6.07, 6.45) is 2.25. The van der Waals surface area contributed by atoms with Gasteiger partial charge in [0.25, 0.3) is 0 Å². The van der Waals surface area contributed by atoms with Gasteiger partial charge >= 0.3 is 5.97 Å². The zero-order valence-electron chi connectivity index (χ0n) is 10.5. The summed E-state index contributed by atoms with van der Waals surface area (Å²) in [7, 11) is 0. The minimum absolute atomic E-state index is 0.0500. The number of hydrogen-bond donors (Lipinski definition) is 4. The van der Waals surface area contributed by atoms with E-state index >= 15 is 0 Å². The molecule has 0 unspecified atom stereocenters. The highest BCUT2D eigenvalue weighted by Gasteiger charge is 2.15. The number of carboxylic acids is 1. The predicted molar refractivity (Wildman–Crippen MR) is 66.1 cm³/mol. The van der Waals surface area contributed by atoms with Crippen molar-refractivity contribution in [1.82, 2.24) is 10.6 Å². The van der Waals surface area contributed by atoms with E-state index in [2.05, 4.69) is 10.6 Å². The molecule has 1 heterocycles. The lowest BCUT2D eigenvalue weighted by molar-refractivity contribution is -0.147. The Hall–Kier alpha value is -1.14. The van der Waals surface area contributed by atoms with Gasteiger partial charge < -0.3 is 20.8 Å². The smallest absolute Gasteiger partial charge is 0.332 e. The predicted octanol–water partition coefficient (Wildman–Crippen LogP) is -0.282. The number of piperidine rings is 1. The first-order chi connectivity index (χ1) is 8.59. The summed E-state index contributed by atoms with van der Waals surface area (Å²) in [6, 6.07) is 0. The molecule has 6 nitrogen and oxygen atoms in total. The zero-order valence-corrected chi connectivity index (χ0v) is 10.5. The number of hydrogen-bond acceptors (Lipinski definition) is 4. The molecule has 0 spiro atoms. The van der Waals surface area contributed by atoms with Crippen molar-refractivity contribution < 1.29 is 19.8 Å². The molecule has 6 heteroatoms. The summed E-state index contributed by atoms with van der Waals surface area (Å²) in [4.78, 5) is 21.8. The van der Waals surface area contributed by atoms with E-state index in [4.69, 9.17) is 10.2 Å². The van der Waals surface area contributed by atoms with Gasteiger partial charge in [0.05, 0.1) is 0 Å². The molecule has 0 aromatic heterocycles. The quantitative estimate of drug-likeness (QED) is 0.503. The summed E-state index contributed by atoms with van der Waals surface area (Å²) in [5.74, 6) is -0.702. The number of rotatable bonds is 7. The first-order valence-corrected chi connectivity index (χ1v) is 6.48. The third-order valence-electron chi connectivity index (χ3n) is 3.26. The third-order valence-corrected chi connectivity index (χ3v) is 3.26. The van der Waals surface area contributed by atoms with Gasteiger partial charge in [0.1, 0.15) is 0 Å². The van der Waals surface area contributed by atoms with Crippen LogP contribution in [0.25, 0.3) is 0 Å². The molecule has 104 valence electrons. The minimum atomic E-state index is -1.39. The largest absolute Gasteiger partial charge is 0.479 e. The van der Waals surface area contributed by atoms with Crippen molar-refractivity contribution in [3.63, 3.8) is 0 Å². The van der Waals surface area contributed by atoms with Crippen molar-refractivity contribution in [2.75, 3.05) is 19.6 Å². The molecule has 1 rings (SSSR count). The Bertz CT molecular complexity index is 277. The Morgan fingerprint density at radius 1 is 1.33 bits per heavy atom. The summed E-state index contributed by atoms with van der Waals surface area (Å²) < 4.78 is 0. The maximum absolute atomic E-state index is 11.5. The molecule has 4 N–H and O–H groups in total. The van der Waals surface area contributed by atoms with Gasteiger partial charge in [0.2, 0.25) is 5.91 Å². The lowest BCUT2D eigenvalue weighted by Gasteiger charge is -2.22. The lowest BCUT2D eigenvalue weighted by Crippen LogP contribution is -2.31. The van der Waals surface area contributed by atoms with Crippen LogP contribution in [0.2, 0.25) is 0 Å². The van der Waals surface area contributed by atoms with E-state index in [0.29, 0.717) is 12.3 Å². The van der Waals surface area contributed by atoms with Crippen molar-refractivity contribution in [3.05, 3.63) is 0 Å². The highest BCUT2D eigenvalue weighted by Crippen LogP contribution is 2.17. The molecular formula is C12H22N2O4. The molecule has 0 saturated carbocycles. The van der Waals surface area contributed by atoms with Crippen LogP contribution >= 0.6 is 0 Å². The highest BCUT2D eigenvalue weighted by molar-refractivity contribution is 5.76. The second kappa shape index (κ2) is 8.05. The van der Waals surface area contributed by atoms with Crippen LogP contribution in [-0.4, -0.2) is 47.8 Å². The number of carboxylic acid groups (broad SMARTS) is 1. The van der Waals surface area contributed by atoms with E-state index in [1.165, 1.54) is 0 Å². The van der Waals surface area contributed by atoms with E-state index in [1.54, 1.807) is 0 Å². The molecule has 18 heavy (non-hydrogen) atoms. The van der Waals surface area contributed by atoms with Gasteiger partial charge in [-0.05, 0) is 38.3 Å². The Kier molecular flexibility index (Phi) is 6.67. The van der Waals surface area contributed by atoms with E-state index in [1.807, 2.05) is 0 Å². The summed E-state index contributed by atoms with van der Waals surface area (Å²) in [5.41, 5.74) is 0. The fourth-order valence-corrected chi connectivity index (χ4v) is 2.07. The topological polar surface area (TPSA) is 98.7 Å². The van der Waals surface area contributed by atoms with E-state index in [-0.39, 0.29) is 18.9 Å². The second-order valence-corrected chi connectivity index (χ2v) is 4.72. The SMILES string of the molecule is O=C(CCC1CCNCC1)NCC[C@H](O)C(=O)O. The Morgan fingerprint density at radius 2 is 2.00 bits per heavy atom. The fraction of sp³-hybridized carbons (Fsp3) is 0.833. The number of aliphatic hydroxyl groups is 1. The van der Waals surface area contributed by atoms with Gasteiger partial charge in [-0.15, -0.1) is 0 Å². The van der Waals surface area contributed by atoms with Crippen LogP contribution in [0.3, 0.4) is 0 Å². The standard InChI is InChI=1S/C12H22N2O4/c15-10(12(17)18)5-8-14-11(16)2-1-9-3-6-13-7-4-9/h9-10,13,15H,1-8H2,(H,14,16)(H,17,18)/t10-/m0/s1. The number of carbonyl (C=O) groups excluding carboxylic acids is 1. The molecule has 1 saturated heterocycles. The molecule has 0 bridgehead atoms. The lowest BCUT2D eigenvalue weighted by atomic mass is 9.93. The van der Waals surface area contributed by atoms with Crippen LogP contribution < -0.4 is 10.6 Å². The third kappa shape index (κ3) is 5.97. The normalized spacial score (nSPS) is 18.3. The van der Waals surface area contributed by atoms with Crippen molar-refractivity contribution in [3.8, 4) is 0 Å². The van der Waals surface area contributed by atoms with Crippen LogP contribution in [0.15, 0.2) is 0 Å². The average Bonchev–Trinajstić information content (AvgIpc) is 2.37. The average molecular weight is 258 g/mol. The van der Waals surface area contributed by atoms with Crippen LogP contribution in [0.5, 0.6) is 0 Å². The fourth-order valence-electron chi connectivity index (χ4n) is 2.07. The van der Waals surface area contributed by atoms with Gasteiger partial charge in [-0.2, -0.15) is 0 Å².